The smallest absolute Gasteiger partial charge is 0.280 e. The average molecular weight is 333 g/mol. The van der Waals surface area contributed by atoms with Crippen molar-refractivity contribution < 1.29 is 4.79 Å². The quantitative estimate of drug-likeness (QED) is 0.799. The van der Waals surface area contributed by atoms with Crippen molar-refractivity contribution in [3.8, 4) is 5.69 Å². The lowest BCUT2D eigenvalue weighted by atomic mass is 10.1. The molecule has 25 heavy (non-hydrogen) atoms. The summed E-state index contributed by atoms with van der Waals surface area (Å²) >= 11 is 0. The van der Waals surface area contributed by atoms with Crippen LogP contribution < -0.4 is 10.7 Å². The van der Waals surface area contributed by atoms with Crippen LogP contribution in [0, 0.1) is 20.8 Å². The van der Waals surface area contributed by atoms with Crippen LogP contribution in [-0.2, 0) is 0 Å². The number of carbonyl (C=O) groups excluding carboxylic acids is 1. The molecule has 0 aliphatic carbocycles. The molecule has 3 aromatic rings. The molecule has 0 radical (unpaired) electrons. The fourth-order valence-electron chi connectivity index (χ4n) is 2.66. The molecule has 0 saturated carbocycles. The van der Waals surface area contributed by atoms with Gasteiger partial charge in [-0.1, -0.05) is 30.3 Å². The lowest BCUT2D eigenvalue weighted by Gasteiger charge is -2.12. The number of hydrogen-bond donors (Lipinski definition) is 1. The van der Waals surface area contributed by atoms with Crippen LogP contribution in [-0.4, -0.2) is 15.7 Å². The van der Waals surface area contributed by atoms with E-state index in [1.165, 1.54) is 10.7 Å². The van der Waals surface area contributed by atoms with E-state index in [0.717, 1.165) is 22.4 Å². The number of nitrogens with zero attached hydrogens (tertiary/aromatic N) is 2. The summed E-state index contributed by atoms with van der Waals surface area (Å²) in [7, 11) is 0. The Hall–Kier alpha value is -3.21. The predicted molar refractivity (Wildman–Crippen MR) is 98.4 cm³/mol. The maximum Gasteiger partial charge on any atom is 0.280 e. The van der Waals surface area contributed by atoms with E-state index >= 15 is 0 Å². The number of nitrogens with one attached hydrogen (secondary N) is 1. The Labute approximate surface area is 145 Å². The van der Waals surface area contributed by atoms with Gasteiger partial charge in [0.05, 0.1) is 5.69 Å². The van der Waals surface area contributed by atoms with Gasteiger partial charge in [0, 0.05) is 18.0 Å². The highest BCUT2D eigenvalue weighted by molar-refractivity contribution is 6.03. The summed E-state index contributed by atoms with van der Waals surface area (Å²) < 4.78 is 1.54. The van der Waals surface area contributed by atoms with Gasteiger partial charge < -0.3 is 5.32 Å². The van der Waals surface area contributed by atoms with Crippen molar-refractivity contribution >= 4 is 11.6 Å². The van der Waals surface area contributed by atoms with Gasteiger partial charge in [0.2, 0.25) is 5.43 Å². The number of carbonyl (C=O) groups is 1. The third kappa shape index (κ3) is 3.50. The van der Waals surface area contributed by atoms with Crippen LogP contribution in [0.3, 0.4) is 0 Å². The van der Waals surface area contributed by atoms with E-state index < -0.39 is 11.3 Å². The molecule has 0 spiro atoms. The molecule has 5 nitrogen and oxygen atoms in total. The van der Waals surface area contributed by atoms with Crippen LogP contribution in [0.2, 0.25) is 0 Å². The zero-order valence-electron chi connectivity index (χ0n) is 14.4. The van der Waals surface area contributed by atoms with Crippen molar-refractivity contribution in [1.29, 1.82) is 0 Å². The molecule has 1 aromatic heterocycles. The fourth-order valence-corrected chi connectivity index (χ4v) is 2.66. The molecule has 0 aliphatic heterocycles. The van der Waals surface area contributed by atoms with Crippen LogP contribution >= 0.6 is 0 Å². The minimum atomic E-state index is -0.510. The summed E-state index contributed by atoms with van der Waals surface area (Å²) in [6, 6.07) is 14.8. The van der Waals surface area contributed by atoms with Crippen LogP contribution in [0.5, 0.6) is 0 Å². The van der Waals surface area contributed by atoms with E-state index in [-0.39, 0.29) is 5.69 Å². The molecule has 126 valence electrons. The molecule has 0 saturated heterocycles. The highest BCUT2D eigenvalue weighted by Crippen LogP contribution is 2.19. The van der Waals surface area contributed by atoms with Gasteiger partial charge in [-0.25, -0.2) is 4.68 Å². The predicted octanol–water partition coefficient (Wildman–Crippen LogP) is 3.41. The molecular weight excluding hydrogens is 314 g/mol. The first-order chi connectivity index (χ1) is 12.0. The number of rotatable bonds is 3. The van der Waals surface area contributed by atoms with E-state index in [4.69, 9.17) is 0 Å². The van der Waals surface area contributed by atoms with Gasteiger partial charge in [0.25, 0.3) is 5.91 Å². The van der Waals surface area contributed by atoms with Crippen molar-refractivity contribution in [2.75, 3.05) is 5.32 Å². The van der Waals surface area contributed by atoms with Crippen LogP contribution in [0.4, 0.5) is 5.69 Å². The van der Waals surface area contributed by atoms with Crippen LogP contribution in [0.15, 0.2) is 59.5 Å². The highest BCUT2D eigenvalue weighted by Gasteiger charge is 2.15. The third-order valence-corrected chi connectivity index (χ3v) is 4.01. The summed E-state index contributed by atoms with van der Waals surface area (Å²) in [5.74, 6) is -0.510. The first kappa shape index (κ1) is 16.6. The maximum atomic E-state index is 12.6. The van der Waals surface area contributed by atoms with Gasteiger partial charge in [0.15, 0.2) is 5.69 Å². The monoisotopic (exact) mass is 333 g/mol. The van der Waals surface area contributed by atoms with Crippen molar-refractivity contribution in [3.05, 3.63) is 87.3 Å². The summed E-state index contributed by atoms with van der Waals surface area (Å²) in [4.78, 5) is 24.7. The van der Waals surface area contributed by atoms with Gasteiger partial charge in [-0.3, -0.25) is 9.59 Å². The summed E-state index contributed by atoms with van der Waals surface area (Å²) in [6.45, 7) is 5.79. The minimum Gasteiger partial charge on any atom is -0.320 e. The maximum absolute atomic E-state index is 12.6. The standard InChI is InChI=1S/C20H19N3O2/c1-13-6-4-9-16(12-13)23-11-10-17(24)19(22-23)20(25)21-18-14(2)7-5-8-15(18)3/h4-12H,1-3H3,(H,21,25). The Morgan fingerprint density at radius 3 is 2.36 bits per heavy atom. The first-order valence-corrected chi connectivity index (χ1v) is 8.00. The Balaban J connectivity index is 1.98. The Bertz CT molecular complexity index is 986. The fraction of sp³-hybridized carbons (Fsp3) is 0.150. The van der Waals surface area contributed by atoms with E-state index in [1.54, 1.807) is 6.20 Å². The van der Waals surface area contributed by atoms with E-state index in [1.807, 2.05) is 63.2 Å². The van der Waals surface area contributed by atoms with Crippen molar-refractivity contribution in [2.24, 2.45) is 0 Å². The van der Waals surface area contributed by atoms with Crippen LogP contribution in [0.1, 0.15) is 27.2 Å². The van der Waals surface area contributed by atoms with Crippen molar-refractivity contribution in [2.45, 2.75) is 20.8 Å². The second-order valence-corrected chi connectivity index (χ2v) is 6.03. The molecule has 0 fully saturated rings. The molecular formula is C20H19N3O2. The zero-order valence-corrected chi connectivity index (χ0v) is 14.4. The summed E-state index contributed by atoms with van der Waals surface area (Å²) in [5, 5.41) is 7.04. The van der Waals surface area contributed by atoms with Gasteiger partial charge in [-0.15, -0.1) is 0 Å². The van der Waals surface area contributed by atoms with E-state index in [0.29, 0.717) is 5.69 Å². The van der Waals surface area contributed by atoms with Gasteiger partial charge in [-0.05, 0) is 49.6 Å². The Kier molecular flexibility index (Phi) is 4.48. The summed E-state index contributed by atoms with van der Waals surface area (Å²) in [5.41, 5.74) is 3.89. The van der Waals surface area contributed by atoms with Crippen molar-refractivity contribution in [1.82, 2.24) is 9.78 Å². The molecule has 0 unspecified atom stereocenters. The van der Waals surface area contributed by atoms with Gasteiger partial charge in [-0.2, -0.15) is 5.10 Å². The normalized spacial score (nSPS) is 10.5. The lowest BCUT2D eigenvalue weighted by Crippen LogP contribution is -2.26. The molecule has 0 bridgehead atoms. The second-order valence-electron chi connectivity index (χ2n) is 6.03. The van der Waals surface area contributed by atoms with Crippen LogP contribution in [0.25, 0.3) is 5.69 Å². The molecule has 0 aliphatic rings. The lowest BCUT2D eigenvalue weighted by molar-refractivity contribution is 0.101. The van der Waals surface area contributed by atoms with Gasteiger partial charge >= 0.3 is 0 Å². The first-order valence-electron chi connectivity index (χ1n) is 8.00. The topological polar surface area (TPSA) is 64.0 Å². The molecule has 3 rings (SSSR count). The van der Waals surface area contributed by atoms with E-state index in [2.05, 4.69) is 10.4 Å². The highest BCUT2D eigenvalue weighted by atomic mass is 16.2. The number of benzene rings is 2. The zero-order chi connectivity index (χ0) is 18.0. The second kappa shape index (κ2) is 6.73. The number of aromatic nitrogens is 2. The Morgan fingerprint density at radius 1 is 1.00 bits per heavy atom. The average Bonchev–Trinajstić information content (AvgIpc) is 2.58. The van der Waals surface area contributed by atoms with E-state index in [9.17, 15) is 9.59 Å². The van der Waals surface area contributed by atoms with Gasteiger partial charge in [0.1, 0.15) is 0 Å². The third-order valence-electron chi connectivity index (χ3n) is 4.01. The molecule has 5 heteroatoms. The number of aryl methyl sites for hydroxylation is 3. The Morgan fingerprint density at radius 2 is 1.68 bits per heavy atom. The number of anilines is 1. The number of amides is 1. The van der Waals surface area contributed by atoms with Crippen molar-refractivity contribution in [3.63, 3.8) is 0 Å². The minimum absolute atomic E-state index is 0.133. The molecule has 0 atom stereocenters. The largest absolute Gasteiger partial charge is 0.320 e. The SMILES string of the molecule is Cc1cccc(-n2ccc(=O)c(C(=O)Nc3c(C)cccc3C)n2)c1. The molecule has 1 N–H and O–H groups in total. The number of hydrogen-bond acceptors (Lipinski definition) is 3. The molecule has 1 heterocycles. The molecule has 1 amide bonds. The number of para-hydroxylation sites is 1. The molecule has 2 aromatic carbocycles. The summed E-state index contributed by atoms with van der Waals surface area (Å²) in [6.07, 6.45) is 1.56.